The highest BCUT2D eigenvalue weighted by atomic mass is 79.9. The largest absolute Gasteiger partial charge is 0.508 e. The molecule has 0 aliphatic rings. The predicted molar refractivity (Wildman–Crippen MR) is 188 cm³/mol. The number of aliphatic hydroxyl groups is 1. The summed E-state index contributed by atoms with van der Waals surface area (Å²) in [5.41, 5.74) is 3.07. The van der Waals surface area contributed by atoms with E-state index in [1.54, 1.807) is 20.8 Å². The summed E-state index contributed by atoms with van der Waals surface area (Å²) < 4.78 is 0.643. The number of rotatable bonds is 16. The van der Waals surface area contributed by atoms with Crippen molar-refractivity contribution in [3.63, 3.8) is 0 Å². The van der Waals surface area contributed by atoms with Gasteiger partial charge in [0.15, 0.2) is 0 Å². The van der Waals surface area contributed by atoms with Crippen LogP contribution in [0.15, 0.2) is 64.8 Å². The molecule has 0 spiro atoms. The molecular weight excluding hydrogens is 680 g/mol. The lowest BCUT2D eigenvalue weighted by molar-refractivity contribution is -0.142. The van der Waals surface area contributed by atoms with Gasteiger partial charge in [0.05, 0.1) is 23.2 Å². The van der Waals surface area contributed by atoms with Crippen LogP contribution < -0.4 is 10.6 Å². The van der Waals surface area contributed by atoms with Crippen LogP contribution in [0.25, 0.3) is 10.9 Å². The number of amides is 3. The van der Waals surface area contributed by atoms with E-state index in [4.69, 9.17) is 0 Å². The second-order valence-electron chi connectivity index (χ2n) is 12.8. The smallest absolute Gasteiger partial charge is 0.305 e. The molecule has 0 bridgehead atoms. The highest BCUT2D eigenvalue weighted by molar-refractivity contribution is 9.10. The van der Waals surface area contributed by atoms with Gasteiger partial charge in [-0.1, -0.05) is 55.8 Å². The number of likely N-dealkylation sites (N-methyl/N-ethyl adjacent to an activating group) is 1. The van der Waals surface area contributed by atoms with Gasteiger partial charge in [-0.3, -0.25) is 19.2 Å². The number of carbonyl (C=O) groups is 4. The first-order valence-corrected chi connectivity index (χ1v) is 16.8. The Hall–Kier alpha value is -4.16. The normalized spacial score (nSPS) is 15.5. The number of phenols is 1. The van der Waals surface area contributed by atoms with Crippen LogP contribution in [0.1, 0.15) is 71.0 Å². The van der Waals surface area contributed by atoms with Crippen molar-refractivity contribution in [2.24, 2.45) is 11.8 Å². The number of para-hydroxylation sites is 1. The SMILES string of the molecule is CC(=CC(C)CC(C)O)CC(C)C(=O)NC(C)C(=O)N(C)C(Cc1c(Br)[nH]c2ccccc12)C(=O)NC(CC(=O)O)c1ccc(O)cc1. The third-order valence-electron chi connectivity index (χ3n) is 8.35. The summed E-state index contributed by atoms with van der Waals surface area (Å²) >= 11 is 3.56. The van der Waals surface area contributed by atoms with Crippen LogP contribution in [0.3, 0.4) is 0 Å². The number of carboxylic acids is 1. The van der Waals surface area contributed by atoms with E-state index in [1.165, 1.54) is 36.2 Å². The lowest BCUT2D eigenvalue weighted by Gasteiger charge is -2.31. The van der Waals surface area contributed by atoms with Gasteiger partial charge in [-0.15, -0.1) is 0 Å². The first-order valence-electron chi connectivity index (χ1n) is 16.1. The van der Waals surface area contributed by atoms with Crippen LogP contribution >= 0.6 is 15.9 Å². The number of nitrogens with zero attached hydrogens (tertiary/aromatic N) is 1. The molecule has 12 heteroatoms. The Morgan fingerprint density at radius 3 is 2.23 bits per heavy atom. The van der Waals surface area contributed by atoms with Crippen molar-refractivity contribution < 1.29 is 34.5 Å². The molecule has 6 N–H and O–H groups in total. The van der Waals surface area contributed by atoms with Gasteiger partial charge in [0.2, 0.25) is 17.7 Å². The number of phenolic OH excluding ortho intramolecular Hbond substituents is 1. The molecule has 11 nitrogen and oxygen atoms in total. The number of halogens is 1. The van der Waals surface area contributed by atoms with Gasteiger partial charge in [0, 0.05) is 30.3 Å². The molecule has 1 heterocycles. The molecule has 2 aromatic carbocycles. The molecular formula is C36H47BrN4O7. The number of carboxylic acid groups (broad SMARTS) is 1. The molecule has 48 heavy (non-hydrogen) atoms. The number of fused-ring (bicyclic) bond motifs is 1. The van der Waals surface area contributed by atoms with Crippen LogP contribution in [-0.4, -0.2) is 74.1 Å². The molecule has 0 aliphatic heterocycles. The fraction of sp³-hybridized carbons (Fsp3) is 0.444. The number of aromatic nitrogens is 1. The van der Waals surface area contributed by atoms with Crippen molar-refractivity contribution in [2.45, 2.75) is 84.5 Å². The minimum absolute atomic E-state index is 0.00558. The monoisotopic (exact) mass is 726 g/mol. The highest BCUT2D eigenvalue weighted by Gasteiger charge is 2.34. The topological polar surface area (TPSA) is 172 Å². The number of H-pyrrole nitrogens is 1. The molecule has 260 valence electrons. The summed E-state index contributed by atoms with van der Waals surface area (Å²) in [5, 5.41) is 35.5. The third-order valence-corrected chi connectivity index (χ3v) is 9.03. The number of aliphatic hydroxyl groups excluding tert-OH is 1. The van der Waals surface area contributed by atoms with Gasteiger partial charge >= 0.3 is 5.97 Å². The molecule has 0 saturated carbocycles. The summed E-state index contributed by atoms with van der Waals surface area (Å²) in [6, 6.07) is 10.4. The maximum atomic E-state index is 14.0. The van der Waals surface area contributed by atoms with Crippen LogP contribution in [0.5, 0.6) is 5.75 Å². The van der Waals surface area contributed by atoms with E-state index in [0.29, 0.717) is 23.0 Å². The van der Waals surface area contributed by atoms with Crippen molar-refractivity contribution >= 4 is 50.5 Å². The van der Waals surface area contributed by atoms with Crippen molar-refractivity contribution in [1.82, 2.24) is 20.5 Å². The Morgan fingerprint density at radius 1 is 0.958 bits per heavy atom. The molecule has 0 fully saturated rings. The molecule has 0 saturated heterocycles. The van der Waals surface area contributed by atoms with Gasteiger partial charge in [-0.05, 0) is 84.8 Å². The summed E-state index contributed by atoms with van der Waals surface area (Å²) in [7, 11) is 1.49. The average Bonchev–Trinajstić information content (AvgIpc) is 3.32. The minimum Gasteiger partial charge on any atom is -0.508 e. The van der Waals surface area contributed by atoms with E-state index in [1.807, 2.05) is 44.2 Å². The average molecular weight is 728 g/mol. The number of benzene rings is 2. The van der Waals surface area contributed by atoms with E-state index in [9.17, 15) is 34.5 Å². The Morgan fingerprint density at radius 2 is 1.60 bits per heavy atom. The van der Waals surface area contributed by atoms with E-state index >= 15 is 0 Å². The fourth-order valence-electron chi connectivity index (χ4n) is 5.98. The van der Waals surface area contributed by atoms with E-state index < -0.39 is 54.4 Å². The summed E-state index contributed by atoms with van der Waals surface area (Å²) in [6.07, 6.45) is 2.38. The number of carbonyl (C=O) groups excluding carboxylic acids is 3. The molecule has 0 aliphatic carbocycles. The molecule has 6 unspecified atom stereocenters. The number of aromatic hydroxyl groups is 1. The molecule has 0 radical (unpaired) electrons. The first-order chi connectivity index (χ1) is 22.6. The zero-order chi connectivity index (χ0) is 35.7. The second-order valence-corrected chi connectivity index (χ2v) is 13.6. The van der Waals surface area contributed by atoms with E-state index in [-0.39, 0.29) is 24.0 Å². The number of hydrogen-bond donors (Lipinski definition) is 6. The predicted octanol–water partition coefficient (Wildman–Crippen LogP) is 5.22. The lowest BCUT2D eigenvalue weighted by atomic mass is 9.95. The highest BCUT2D eigenvalue weighted by Crippen LogP contribution is 2.29. The number of hydrogen-bond acceptors (Lipinski definition) is 6. The first kappa shape index (κ1) is 38.3. The number of allylic oxidation sites excluding steroid dienone is 2. The second kappa shape index (κ2) is 17.3. The van der Waals surface area contributed by atoms with Crippen LogP contribution in [-0.2, 0) is 25.6 Å². The molecule has 6 atom stereocenters. The van der Waals surface area contributed by atoms with E-state index in [2.05, 4.69) is 31.5 Å². The Kier molecular flexibility index (Phi) is 13.8. The van der Waals surface area contributed by atoms with Gasteiger partial charge in [0.1, 0.15) is 17.8 Å². The Bertz CT molecular complexity index is 1620. The number of aliphatic carboxylic acids is 1. The van der Waals surface area contributed by atoms with E-state index in [0.717, 1.165) is 22.0 Å². The van der Waals surface area contributed by atoms with Crippen LogP contribution in [0, 0.1) is 11.8 Å². The zero-order valence-electron chi connectivity index (χ0n) is 28.3. The molecule has 3 aromatic rings. The Labute approximate surface area is 289 Å². The molecule has 3 rings (SSSR count). The van der Waals surface area contributed by atoms with Crippen molar-refractivity contribution in [2.75, 3.05) is 7.05 Å². The quantitative estimate of drug-likeness (QED) is 0.110. The summed E-state index contributed by atoms with van der Waals surface area (Å²) in [5.74, 6) is -2.81. The van der Waals surface area contributed by atoms with Gasteiger partial charge in [-0.25, -0.2) is 0 Å². The third kappa shape index (κ3) is 10.7. The number of aromatic amines is 1. The zero-order valence-corrected chi connectivity index (χ0v) is 29.9. The molecule has 1 aromatic heterocycles. The summed E-state index contributed by atoms with van der Waals surface area (Å²) in [4.78, 5) is 57.3. The lowest BCUT2D eigenvalue weighted by Crippen LogP contribution is -2.55. The minimum atomic E-state index is -1.14. The molecule has 3 amide bonds. The van der Waals surface area contributed by atoms with Crippen LogP contribution in [0.4, 0.5) is 0 Å². The Balaban J connectivity index is 1.85. The summed E-state index contributed by atoms with van der Waals surface area (Å²) in [6.45, 7) is 9.03. The van der Waals surface area contributed by atoms with Crippen LogP contribution in [0.2, 0.25) is 0 Å². The van der Waals surface area contributed by atoms with Gasteiger partial charge in [-0.2, -0.15) is 0 Å². The van der Waals surface area contributed by atoms with Crippen molar-refractivity contribution in [3.8, 4) is 5.75 Å². The standard InChI is InChI=1S/C36H47BrN4O7/c1-20(15-21(2)17-23(4)42)16-22(3)34(46)38-24(5)36(48)41(6)31(18-28-27-9-7-8-10-29(27)39-33(28)37)35(47)40-30(19-32(44)45)25-11-13-26(43)14-12-25/h7-15,21-24,30-31,39,42-43H,16-19H2,1-6H3,(H,38,46)(H,40,47)(H,44,45). The fourth-order valence-corrected chi connectivity index (χ4v) is 6.57. The maximum absolute atomic E-state index is 14.0. The van der Waals surface area contributed by atoms with Crippen molar-refractivity contribution in [1.29, 1.82) is 0 Å². The number of nitrogens with one attached hydrogen (secondary N) is 3. The van der Waals surface area contributed by atoms with Gasteiger partial charge in [0.25, 0.3) is 0 Å². The van der Waals surface area contributed by atoms with Crippen molar-refractivity contribution in [3.05, 3.63) is 75.9 Å². The maximum Gasteiger partial charge on any atom is 0.305 e. The van der Waals surface area contributed by atoms with Gasteiger partial charge < -0.3 is 35.8 Å².